The van der Waals surface area contributed by atoms with Crippen LogP contribution in [0.25, 0.3) is 0 Å². The van der Waals surface area contributed by atoms with Crippen molar-refractivity contribution in [1.82, 2.24) is 14.9 Å². The van der Waals surface area contributed by atoms with Crippen molar-refractivity contribution in [1.29, 1.82) is 0 Å². The van der Waals surface area contributed by atoms with Gasteiger partial charge in [0.1, 0.15) is 5.82 Å². The number of hydrogen-bond donors (Lipinski definition) is 2. The first-order chi connectivity index (χ1) is 14.2. The Morgan fingerprint density at radius 3 is 2.33 bits per heavy atom. The summed E-state index contributed by atoms with van der Waals surface area (Å²) in [5.41, 5.74) is 0.478. The average molecular weight is 454 g/mol. The maximum absolute atomic E-state index is 13.0. The maximum Gasteiger partial charge on any atom is 0.255 e. The summed E-state index contributed by atoms with van der Waals surface area (Å²) in [6, 6.07) is 9.13. The van der Waals surface area contributed by atoms with Gasteiger partial charge >= 0.3 is 0 Å². The van der Waals surface area contributed by atoms with E-state index in [9.17, 15) is 22.4 Å². The van der Waals surface area contributed by atoms with Gasteiger partial charge in [-0.3, -0.25) is 9.59 Å². The molecule has 10 heteroatoms. The molecule has 2 amide bonds. The van der Waals surface area contributed by atoms with E-state index in [0.717, 1.165) is 0 Å². The van der Waals surface area contributed by atoms with Crippen molar-refractivity contribution < 1.29 is 22.4 Å². The molecule has 0 aromatic heterocycles. The molecule has 3 rings (SSSR count). The van der Waals surface area contributed by atoms with Crippen LogP contribution in [0.3, 0.4) is 0 Å². The van der Waals surface area contributed by atoms with Crippen molar-refractivity contribution in [3.63, 3.8) is 0 Å². The number of halogens is 2. The second-order valence-corrected chi connectivity index (χ2v) is 9.19. The molecular weight excluding hydrogens is 433 g/mol. The van der Waals surface area contributed by atoms with Crippen LogP contribution in [0.4, 0.5) is 4.39 Å². The predicted molar refractivity (Wildman–Crippen MR) is 110 cm³/mol. The van der Waals surface area contributed by atoms with E-state index in [4.69, 9.17) is 11.6 Å². The summed E-state index contributed by atoms with van der Waals surface area (Å²) < 4.78 is 39.2. The largest absolute Gasteiger partial charge is 0.349 e. The number of benzene rings is 2. The lowest BCUT2D eigenvalue weighted by atomic mass is 10.0. The van der Waals surface area contributed by atoms with E-state index in [0.29, 0.717) is 31.5 Å². The van der Waals surface area contributed by atoms with Gasteiger partial charge in [-0.25, -0.2) is 17.5 Å². The molecule has 30 heavy (non-hydrogen) atoms. The Morgan fingerprint density at radius 1 is 1.10 bits per heavy atom. The van der Waals surface area contributed by atoms with Crippen LogP contribution in [0, 0.1) is 5.82 Å². The molecule has 7 nitrogen and oxygen atoms in total. The highest BCUT2D eigenvalue weighted by atomic mass is 35.5. The Kier molecular flexibility index (Phi) is 6.74. The molecular formula is C20H21ClFN3O4S. The quantitative estimate of drug-likeness (QED) is 0.726. The number of piperidine rings is 1. The number of nitrogens with zero attached hydrogens (tertiary/aromatic N) is 1. The third-order valence-electron chi connectivity index (χ3n) is 4.97. The standard InChI is InChI=1S/C20H21ClFN3O4S/c1-23-30(28,29)16-6-7-18(21)17(12-16)20(27)25-10-8-15(9-11-25)24-19(26)13-2-4-14(22)5-3-13/h2-7,12,15,23H,8-11H2,1H3,(H,24,26). The molecule has 0 saturated carbocycles. The van der Waals surface area contributed by atoms with Gasteiger partial charge in [0.05, 0.1) is 15.5 Å². The molecule has 1 aliphatic rings. The fourth-order valence-corrected chi connectivity index (χ4v) is 4.17. The zero-order valence-corrected chi connectivity index (χ0v) is 17.8. The first-order valence-corrected chi connectivity index (χ1v) is 11.2. The third-order valence-corrected chi connectivity index (χ3v) is 6.71. The summed E-state index contributed by atoms with van der Waals surface area (Å²) in [6.07, 6.45) is 1.07. The molecule has 0 spiro atoms. The van der Waals surface area contributed by atoms with Gasteiger partial charge in [0.2, 0.25) is 10.0 Å². The maximum atomic E-state index is 13.0. The van der Waals surface area contributed by atoms with E-state index in [2.05, 4.69) is 10.0 Å². The fraction of sp³-hybridized carbons (Fsp3) is 0.300. The normalized spacial score (nSPS) is 15.1. The molecule has 2 aromatic carbocycles. The monoisotopic (exact) mass is 453 g/mol. The Labute approximate surface area is 179 Å². The summed E-state index contributed by atoms with van der Waals surface area (Å²) in [6.45, 7) is 0.763. The number of sulfonamides is 1. The van der Waals surface area contributed by atoms with Gasteiger partial charge in [0, 0.05) is 24.7 Å². The van der Waals surface area contributed by atoms with Crippen molar-refractivity contribution in [3.8, 4) is 0 Å². The fourth-order valence-electron chi connectivity index (χ4n) is 3.22. The minimum absolute atomic E-state index is 0.0424. The van der Waals surface area contributed by atoms with E-state index in [1.807, 2.05) is 0 Å². The number of rotatable bonds is 5. The summed E-state index contributed by atoms with van der Waals surface area (Å²) in [4.78, 5) is 26.7. The zero-order valence-electron chi connectivity index (χ0n) is 16.2. The summed E-state index contributed by atoms with van der Waals surface area (Å²) in [7, 11) is -2.42. The SMILES string of the molecule is CNS(=O)(=O)c1ccc(Cl)c(C(=O)N2CCC(NC(=O)c3ccc(F)cc3)CC2)c1. The van der Waals surface area contributed by atoms with Crippen LogP contribution in [0.5, 0.6) is 0 Å². The third kappa shape index (κ3) is 4.97. The molecule has 1 heterocycles. The average Bonchev–Trinajstić information content (AvgIpc) is 2.74. The van der Waals surface area contributed by atoms with Gasteiger partial charge in [0.25, 0.3) is 11.8 Å². The number of carbonyl (C=O) groups is 2. The lowest BCUT2D eigenvalue weighted by molar-refractivity contribution is 0.0698. The Hall–Kier alpha value is -2.49. The Bertz CT molecular complexity index is 1050. The molecule has 2 N–H and O–H groups in total. The molecule has 0 radical (unpaired) electrons. The Balaban J connectivity index is 1.63. The lowest BCUT2D eigenvalue weighted by Crippen LogP contribution is -2.46. The Morgan fingerprint density at radius 2 is 1.73 bits per heavy atom. The molecule has 1 fully saturated rings. The van der Waals surface area contributed by atoms with Crippen molar-refractivity contribution in [2.45, 2.75) is 23.8 Å². The molecule has 1 aliphatic heterocycles. The summed E-state index contributed by atoms with van der Waals surface area (Å²) in [5, 5.41) is 3.06. The highest BCUT2D eigenvalue weighted by Crippen LogP contribution is 2.23. The van der Waals surface area contributed by atoms with Crippen molar-refractivity contribution in [3.05, 3.63) is 64.4 Å². The van der Waals surface area contributed by atoms with E-state index in [-0.39, 0.29) is 33.3 Å². The van der Waals surface area contributed by atoms with E-state index < -0.39 is 15.8 Å². The molecule has 0 atom stereocenters. The second kappa shape index (κ2) is 9.11. The van der Waals surface area contributed by atoms with Crippen LogP contribution in [0.2, 0.25) is 5.02 Å². The van der Waals surface area contributed by atoms with Gasteiger partial charge in [-0.15, -0.1) is 0 Å². The minimum atomic E-state index is -3.70. The van der Waals surface area contributed by atoms with Crippen molar-refractivity contribution >= 4 is 33.4 Å². The van der Waals surface area contributed by atoms with E-state index >= 15 is 0 Å². The highest BCUT2D eigenvalue weighted by molar-refractivity contribution is 7.89. The van der Waals surface area contributed by atoms with Gasteiger partial charge in [-0.05, 0) is 62.4 Å². The molecule has 1 saturated heterocycles. The summed E-state index contributed by atoms with van der Waals surface area (Å²) in [5.74, 6) is -1.08. The van der Waals surface area contributed by atoms with Crippen molar-refractivity contribution in [2.24, 2.45) is 0 Å². The van der Waals surface area contributed by atoms with Crippen LogP contribution in [0.1, 0.15) is 33.6 Å². The van der Waals surface area contributed by atoms with E-state index in [1.54, 1.807) is 4.90 Å². The van der Waals surface area contributed by atoms with Gasteiger partial charge in [-0.2, -0.15) is 0 Å². The van der Waals surface area contributed by atoms with Gasteiger partial charge in [-0.1, -0.05) is 11.6 Å². The van der Waals surface area contributed by atoms with Crippen LogP contribution in [-0.4, -0.2) is 51.3 Å². The van der Waals surface area contributed by atoms with Crippen LogP contribution < -0.4 is 10.0 Å². The lowest BCUT2D eigenvalue weighted by Gasteiger charge is -2.32. The van der Waals surface area contributed by atoms with Crippen molar-refractivity contribution in [2.75, 3.05) is 20.1 Å². The first-order valence-electron chi connectivity index (χ1n) is 9.30. The molecule has 160 valence electrons. The van der Waals surface area contributed by atoms with Gasteiger partial charge in [0.15, 0.2) is 0 Å². The number of nitrogens with one attached hydrogen (secondary N) is 2. The number of carbonyl (C=O) groups excluding carboxylic acids is 2. The smallest absolute Gasteiger partial charge is 0.255 e. The molecule has 0 aliphatic carbocycles. The predicted octanol–water partition coefficient (Wildman–Crippen LogP) is 2.42. The summed E-state index contributed by atoms with van der Waals surface area (Å²) >= 11 is 6.13. The molecule has 2 aromatic rings. The van der Waals surface area contributed by atoms with Crippen LogP contribution in [0.15, 0.2) is 47.4 Å². The molecule has 0 unspecified atom stereocenters. The number of hydrogen-bond acceptors (Lipinski definition) is 4. The van der Waals surface area contributed by atoms with E-state index in [1.165, 1.54) is 49.5 Å². The zero-order chi connectivity index (χ0) is 21.9. The second-order valence-electron chi connectivity index (χ2n) is 6.90. The number of amides is 2. The first kappa shape index (κ1) is 22.2. The van der Waals surface area contributed by atoms with Gasteiger partial charge < -0.3 is 10.2 Å². The van der Waals surface area contributed by atoms with Crippen LogP contribution >= 0.6 is 11.6 Å². The topological polar surface area (TPSA) is 95.6 Å². The number of likely N-dealkylation sites (tertiary alicyclic amines) is 1. The minimum Gasteiger partial charge on any atom is -0.349 e. The molecule has 0 bridgehead atoms. The van der Waals surface area contributed by atoms with Crippen LogP contribution in [-0.2, 0) is 10.0 Å². The highest BCUT2D eigenvalue weighted by Gasteiger charge is 2.27.